The molecule has 0 saturated heterocycles. The molecule has 1 rings (SSSR count). The standard InChI is InChI=1S/C13H19/c1-3-5-6-8-13-10-9-12(11-13)7-4-2/h4,10-12H,2-3,5-8H2,1H3. The highest BCUT2D eigenvalue weighted by Crippen LogP contribution is 2.22. The van der Waals surface area contributed by atoms with E-state index >= 15 is 0 Å². The van der Waals surface area contributed by atoms with Crippen molar-refractivity contribution in [2.45, 2.75) is 39.0 Å². The molecule has 0 heteroatoms. The van der Waals surface area contributed by atoms with Gasteiger partial charge < -0.3 is 0 Å². The van der Waals surface area contributed by atoms with E-state index in [-0.39, 0.29) is 0 Å². The van der Waals surface area contributed by atoms with E-state index in [1.54, 1.807) is 0 Å². The van der Waals surface area contributed by atoms with Crippen LogP contribution in [0.15, 0.2) is 30.4 Å². The van der Waals surface area contributed by atoms with E-state index in [1.165, 1.54) is 31.3 Å². The van der Waals surface area contributed by atoms with Gasteiger partial charge in [0, 0.05) is 5.92 Å². The van der Waals surface area contributed by atoms with Gasteiger partial charge in [-0.3, -0.25) is 0 Å². The number of allylic oxidation sites excluding steroid dienone is 5. The van der Waals surface area contributed by atoms with Crippen molar-refractivity contribution in [3.8, 4) is 0 Å². The van der Waals surface area contributed by atoms with Crippen LogP contribution in [0, 0.1) is 12.0 Å². The van der Waals surface area contributed by atoms with Gasteiger partial charge in [0.2, 0.25) is 0 Å². The second kappa shape index (κ2) is 5.80. The number of unbranched alkanes of at least 4 members (excludes halogenated alkanes) is 2. The fourth-order valence-electron chi connectivity index (χ4n) is 1.62. The molecule has 0 bridgehead atoms. The third kappa shape index (κ3) is 3.63. The molecule has 0 spiro atoms. The minimum atomic E-state index is 0.508. The lowest BCUT2D eigenvalue weighted by Crippen LogP contribution is -1.85. The average Bonchev–Trinajstić information content (AvgIpc) is 2.54. The maximum atomic E-state index is 3.74. The first-order valence-electron chi connectivity index (χ1n) is 5.27. The van der Waals surface area contributed by atoms with Crippen molar-refractivity contribution < 1.29 is 0 Å². The molecule has 0 amide bonds. The summed E-state index contributed by atoms with van der Waals surface area (Å²) in [6.07, 6.45) is 16.0. The summed E-state index contributed by atoms with van der Waals surface area (Å²) >= 11 is 0. The van der Waals surface area contributed by atoms with Crippen LogP contribution >= 0.6 is 0 Å². The molecule has 0 fully saturated rings. The molecule has 0 aliphatic heterocycles. The van der Waals surface area contributed by atoms with E-state index in [2.05, 4.69) is 31.7 Å². The predicted octanol–water partition coefficient (Wildman–Crippen LogP) is 4.06. The number of hydrogen-bond donors (Lipinski definition) is 0. The van der Waals surface area contributed by atoms with Crippen LogP contribution in [0.3, 0.4) is 0 Å². The van der Waals surface area contributed by atoms with Crippen LogP contribution < -0.4 is 0 Å². The zero-order valence-corrected chi connectivity index (χ0v) is 8.55. The predicted molar refractivity (Wildman–Crippen MR) is 58.3 cm³/mol. The lowest BCUT2D eigenvalue weighted by Gasteiger charge is -1.99. The Morgan fingerprint density at radius 3 is 3.08 bits per heavy atom. The largest absolute Gasteiger partial charge is 0.103 e. The zero-order chi connectivity index (χ0) is 9.52. The minimum Gasteiger partial charge on any atom is -0.103 e. The van der Waals surface area contributed by atoms with Crippen LogP contribution in [0.2, 0.25) is 0 Å². The molecule has 1 atom stereocenters. The monoisotopic (exact) mass is 175 g/mol. The van der Waals surface area contributed by atoms with Gasteiger partial charge in [0.25, 0.3) is 0 Å². The van der Waals surface area contributed by atoms with Crippen LogP contribution in [0.25, 0.3) is 0 Å². The lowest BCUT2D eigenvalue weighted by molar-refractivity contribution is 0.717. The molecule has 0 N–H and O–H groups in total. The van der Waals surface area contributed by atoms with Crippen LogP contribution in [0.4, 0.5) is 0 Å². The van der Waals surface area contributed by atoms with Crippen LogP contribution in [0.1, 0.15) is 39.0 Å². The SMILES string of the molecule is C=CCC1[C]=CC(CCCCC)=C1. The van der Waals surface area contributed by atoms with E-state index in [0.717, 1.165) is 6.42 Å². The first kappa shape index (κ1) is 10.3. The average molecular weight is 175 g/mol. The van der Waals surface area contributed by atoms with Gasteiger partial charge in [-0.2, -0.15) is 0 Å². The summed E-state index contributed by atoms with van der Waals surface area (Å²) in [5.41, 5.74) is 1.47. The smallest absolute Gasteiger partial charge is 0.00612 e. The van der Waals surface area contributed by atoms with E-state index in [4.69, 9.17) is 0 Å². The van der Waals surface area contributed by atoms with Gasteiger partial charge in [-0.05, 0) is 25.3 Å². The van der Waals surface area contributed by atoms with E-state index < -0.39 is 0 Å². The first-order valence-corrected chi connectivity index (χ1v) is 5.27. The molecule has 0 heterocycles. The third-order valence-electron chi connectivity index (χ3n) is 2.39. The lowest BCUT2D eigenvalue weighted by atomic mass is 10.1. The highest BCUT2D eigenvalue weighted by molar-refractivity contribution is 5.26. The molecule has 0 aromatic rings. The fourth-order valence-corrected chi connectivity index (χ4v) is 1.62. The maximum Gasteiger partial charge on any atom is 0.00612 e. The van der Waals surface area contributed by atoms with Gasteiger partial charge in [-0.25, -0.2) is 0 Å². The highest BCUT2D eigenvalue weighted by atomic mass is 14.1. The van der Waals surface area contributed by atoms with Crippen molar-refractivity contribution in [2.24, 2.45) is 5.92 Å². The summed E-state index contributed by atoms with van der Waals surface area (Å²) in [5.74, 6) is 0.508. The van der Waals surface area contributed by atoms with Crippen molar-refractivity contribution in [2.75, 3.05) is 0 Å². The number of rotatable bonds is 6. The molecule has 0 nitrogen and oxygen atoms in total. The number of hydrogen-bond acceptors (Lipinski definition) is 0. The first-order chi connectivity index (χ1) is 6.36. The molecule has 0 aromatic carbocycles. The van der Waals surface area contributed by atoms with Gasteiger partial charge in [0.1, 0.15) is 0 Å². The van der Waals surface area contributed by atoms with E-state index in [0.29, 0.717) is 5.92 Å². The maximum absolute atomic E-state index is 3.74. The van der Waals surface area contributed by atoms with Crippen molar-refractivity contribution in [3.63, 3.8) is 0 Å². The topological polar surface area (TPSA) is 0 Å². The molecule has 1 aliphatic carbocycles. The fraction of sp³-hybridized carbons (Fsp3) is 0.538. The van der Waals surface area contributed by atoms with Crippen LogP contribution in [-0.4, -0.2) is 0 Å². The molecule has 0 saturated carbocycles. The molecule has 13 heavy (non-hydrogen) atoms. The van der Waals surface area contributed by atoms with Crippen molar-refractivity contribution in [3.05, 3.63) is 36.5 Å². The Labute approximate surface area is 82.0 Å². The Hall–Kier alpha value is -0.780. The Morgan fingerprint density at radius 1 is 1.54 bits per heavy atom. The van der Waals surface area contributed by atoms with Gasteiger partial charge in [-0.15, -0.1) is 6.58 Å². The highest BCUT2D eigenvalue weighted by Gasteiger charge is 2.07. The molecular formula is C13H19. The zero-order valence-electron chi connectivity index (χ0n) is 8.55. The molecular weight excluding hydrogens is 156 g/mol. The second-order valence-electron chi connectivity index (χ2n) is 3.64. The van der Waals surface area contributed by atoms with Gasteiger partial charge >= 0.3 is 0 Å². The van der Waals surface area contributed by atoms with Crippen molar-refractivity contribution >= 4 is 0 Å². The molecule has 1 aliphatic rings. The summed E-state index contributed by atoms with van der Waals surface area (Å²) in [6, 6.07) is 0. The van der Waals surface area contributed by atoms with Crippen LogP contribution in [0.5, 0.6) is 0 Å². The normalized spacial score (nSPS) is 20.4. The summed E-state index contributed by atoms with van der Waals surface area (Å²) in [7, 11) is 0. The summed E-state index contributed by atoms with van der Waals surface area (Å²) in [4.78, 5) is 0. The van der Waals surface area contributed by atoms with Crippen molar-refractivity contribution in [1.29, 1.82) is 0 Å². The Bertz CT molecular complexity index is 208. The Balaban J connectivity index is 2.25. The quantitative estimate of drug-likeness (QED) is 0.422. The van der Waals surface area contributed by atoms with Gasteiger partial charge in [-0.1, -0.05) is 43.6 Å². The molecule has 0 aromatic heterocycles. The Kier molecular flexibility index (Phi) is 4.59. The molecule has 1 radical (unpaired) electrons. The van der Waals surface area contributed by atoms with E-state index in [9.17, 15) is 0 Å². The van der Waals surface area contributed by atoms with Crippen molar-refractivity contribution in [1.82, 2.24) is 0 Å². The van der Waals surface area contributed by atoms with E-state index in [1.807, 2.05) is 6.08 Å². The van der Waals surface area contributed by atoms with Gasteiger partial charge in [0.15, 0.2) is 0 Å². The summed E-state index contributed by atoms with van der Waals surface area (Å²) in [6.45, 7) is 5.98. The second-order valence-corrected chi connectivity index (χ2v) is 3.64. The summed E-state index contributed by atoms with van der Waals surface area (Å²) in [5, 5.41) is 0. The van der Waals surface area contributed by atoms with Gasteiger partial charge in [0.05, 0.1) is 0 Å². The third-order valence-corrected chi connectivity index (χ3v) is 2.39. The Morgan fingerprint density at radius 2 is 2.38 bits per heavy atom. The van der Waals surface area contributed by atoms with Crippen LogP contribution in [-0.2, 0) is 0 Å². The summed E-state index contributed by atoms with van der Waals surface area (Å²) < 4.78 is 0. The minimum absolute atomic E-state index is 0.508. The molecule has 71 valence electrons. The molecule has 1 unspecified atom stereocenters.